The van der Waals surface area contributed by atoms with E-state index in [9.17, 15) is 4.79 Å². The number of aromatic nitrogens is 1. The first kappa shape index (κ1) is 18.3. The Kier molecular flexibility index (Phi) is 10.8. The monoisotopic (exact) mass is 303 g/mol. The molecule has 0 aliphatic rings. The summed E-state index contributed by atoms with van der Waals surface area (Å²) in [7, 11) is 0. The molecule has 0 radical (unpaired) electrons. The predicted octanol–water partition coefficient (Wildman–Crippen LogP) is 4.45. The van der Waals surface area contributed by atoms with Gasteiger partial charge in [0, 0.05) is 24.4 Å². The zero-order valence-corrected chi connectivity index (χ0v) is 13.8. The van der Waals surface area contributed by atoms with Gasteiger partial charge in [-0.3, -0.25) is 9.78 Å². The Morgan fingerprint density at radius 2 is 1.82 bits per heavy atom. The van der Waals surface area contributed by atoms with E-state index in [4.69, 9.17) is 0 Å². The topological polar surface area (TPSA) is 54.4 Å². The molecule has 0 bridgehead atoms. The van der Waals surface area contributed by atoms with Crippen molar-refractivity contribution in [1.82, 2.24) is 10.4 Å². The van der Waals surface area contributed by atoms with Gasteiger partial charge in [0.15, 0.2) is 0 Å². The molecular formula is C18H29N3O. The van der Waals surface area contributed by atoms with E-state index in [-0.39, 0.29) is 5.91 Å². The molecule has 122 valence electrons. The minimum Gasteiger partial charge on any atom is -0.273 e. The highest BCUT2D eigenvalue weighted by Gasteiger charge is 1.99. The summed E-state index contributed by atoms with van der Waals surface area (Å²) < 4.78 is 0. The molecule has 0 aromatic carbocycles. The van der Waals surface area contributed by atoms with Gasteiger partial charge in [0.1, 0.15) is 0 Å². The van der Waals surface area contributed by atoms with Crippen LogP contribution in [-0.4, -0.2) is 17.1 Å². The maximum Gasteiger partial charge on any atom is 0.240 e. The summed E-state index contributed by atoms with van der Waals surface area (Å²) in [5.41, 5.74) is 3.44. The normalized spacial score (nSPS) is 11.0. The Bertz CT molecular complexity index is 418. The fourth-order valence-electron chi connectivity index (χ4n) is 2.28. The highest BCUT2D eigenvalue weighted by atomic mass is 16.2. The van der Waals surface area contributed by atoms with Gasteiger partial charge in [0.05, 0.1) is 6.21 Å². The number of amides is 1. The third-order valence-electron chi connectivity index (χ3n) is 3.59. The van der Waals surface area contributed by atoms with Crippen LogP contribution in [0.25, 0.3) is 0 Å². The van der Waals surface area contributed by atoms with Gasteiger partial charge < -0.3 is 0 Å². The lowest BCUT2D eigenvalue weighted by Crippen LogP contribution is -2.16. The van der Waals surface area contributed by atoms with Gasteiger partial charge in [0.25, 0.3) is 0 Å². The van der Waals surface area contributed by atoms with Crippen LogP contribution >= 0.6 is 0 Å². The number of rotatable bonds is 12. The van der Waals surface area contributed by atoms with Crippen LogP contribution in [0.1, 0.15) is 76.7 Å². The van der Waals surface area contributed by atoms with Crippen LogP contribution in [0.3, 0.4) is 0 Å². The molecule has 0 aliphatic carbocycles. The second kappa shape index (κ2) is 13.0. The van der Waals surface area contributed by atoms with Crippen molar-refractivity contribution in [2.45, 2.75) is 71.1 Å². The SMILES string of the molecule is CCCCCCCCCCCC(=O)N/N=C\c1cccnc1. The number of unbranched alkanes of at least 4 members (excludes halogenated alkanes) is 8. The summed E-state index contributed by atoms with van der Waals surface area (Å²) in [4.78, 5) is 15.6. The molecule has 0 saturated carbocycles. The fourth-order valence-corrected chi connectivity index (χ4v) is 2.28. The van der Waals surface area contributed by atoms with Crippen LogP contribution in [0.15, 0.2) is 29.6 Å². The van der Waals surface area contributed by atoms with Crippen LogP contribution in [0.4, 0.5) is 0 Å². The van der Waals surface area contributed by atoms with Crippen molar-refractivity contribution in [2.24, 2.45) is 5.10 Å². The largest absolute Gasteiger partial charge is 0.273 e. The van der Waals surface area contributed by atoms with E-state index >= 15 is 0 Å². The van der Waals surface area contributed by atoms with Gasteiger partial charge in [-0.15, -0.1) is 0 Å². The molecule has 1 N–H and O–H groups in total. The first-order valence-electron chi connectivity index (χ1n) is 8.55. The Hall–Kier alpha value is -1.71. The average Bonchev–Trinajstić information content (AvgIpc) is 2.54. The molecule has 0 saturated heterocycles. The van der Waals surface area contributed by atoms with Gasteiger partial charge >= 0.3 is 0 Å². The fraction of sp³-hybridized carbons (Fsp3) is 0.611. The summed E-state index contributed by atoms with van der Waals surface area (Å²) in [5.74, 6) is -0.0110. The molecule has 0 spiro atoms. The van der Waals surface area contributed by atoms with Crippen LogP contribution in [0, 0.1) is 0 Å². The van der Waals surface area contributed by atoms with E-state index in [1.807, 2.05) is 12.1 Å². The van der Waals surface area contributed by atoms with E-state index in [0.717, 1.165) is 18.4 Å². The number of nitrogens with one attached hydrogen (secondary N) is 1. The average molecular weight is 303 g/mol. The van der Waals surface area contributed by atoms with Gasteiger partial charge in [-0.1, -0.05) is 64.4 Å². The highest BCUT2D eigenvalue weighted by Crippen LogP contribution is 2.10. The summed E-state index contributed by atoms with van der Waals surface area (Å²) >= 11 is 0. The highest BCUT2D eigenvalue weighted by molar-refractivity contribution is 5.81. The molecule has 4 nitrogen and oxygen atoms in total. The van der Waals surface area contributed by atoms with Crippen LogP contribution in [0.2, 0.25) is 0 Å². The van der Waals surface area contributed by atoms with Crippen molar-refractivity contribution in [2.75, 3.05) is 0 Å². The number of hydrazone groups is 1. The lowest BCUT2D eigenvalue weighted by Gasteiger charge is -2.02. The minimum atomic E-state index is -0.0110. The standard InChI is InChI=1S/C18H29N3O/c1-2-3-4-5-6-7-8-9-10-13-18(22)21-20-16-17-12-11-14-19-15-17/h11-12,14-16H,2-10,13H2,1H3,(H,21,22)/b20-16-. The number of hydrogen-bond donors (Lipinski definition) is 1. The van der Waals surface area contributed by atoms with E-state index in [2.05, 4.69) is 22.4 Å². The maximum atomic E-state index is 11.6. The Morgan fingerprint density at radius 3 is 2.45 bits per heavy atom. The molecular weight excluding hydrogens is 274 g/mol. The third-order valence-corrected chi connectivity index (χ3v) is 3.59. The first-order chi connectivity index (χ1) is 10.8. The summed E-state index contributed by atoms with van der Waals surface area (Å²) in [6, 6.07) is 3.73. The molecule has 1 aromatic heterocycles. The summed E-state index contributed by atoms with van der Waals surface area (Å²) in [6.45, 7) is 2.24. The number of carbonyl (C=O) groups is 1. The van der Waals surface area contributed by atoms with Gasteiger partial charge in [-0.25, -0.2) is 5.43 Å². The lowest BCUT2D eigenvalue weighted by molar-refractivity contribution is -0.121. The minimum absolute atomic E-state index is 0.0110. The molecule has 0 aliphatic heterocycles. The lowest BCUT2D eigenvalue weighted by atomic mass is 10.1. The summed E-state index contributed by atoms with van der Waals surface area (Å²) in [6.07, 6.45) is 16.9. The van der Waals surface area contributed by atoms with Crippen LogP contribution in [0.5, 0.6) is 0 Å². The van der Waals surface area contributed by atoms with Crippen molar-refractivity contribution in [3.8, 4) is 0 Å². The van der Waals surface area contributed by atoms with Gasteiger partial charge in [0.2, 0.25) is 5.91 Å². The molecule has 1 aromatic rings. The van der Waals surface area contributed by atoms with Crippen molar-refractivity contribution >= 4 is 12.1 Å². The molecule has 1 amide bonds. The predicted molar refractivity (Wildman–Crippen MR) is 91.8 cm³/mol. The van der Waals surface area contributed by atoms with Gasteiger partial charge in [-0.05, 0) is 12.5 Å². The molecule has 4 heteroatoms. The summed E-state index contributed by atoms with van der Waals surface area (Å²) in [5, 5.41) is 3.93. The molecule has 22 heavy (non-hydrogen) atoms. The van der Waals surface area contributed by atoms with Crippen molar-refractivity contribution in [1.29, 1.82) is 0 Å². The second-order valence-corrected chi connectivity index (χ2v) is 5.66. The molecule has 0 unspecified atom stereocenters. The zero-order chi connectivity index (χ0) is 15.9. The number of pyridine rings is 1. The van der Waals surface area contributed by atoms with E-state index in [0.29, 0.717) is 6.42 Å². The number of hydrogen-bond acceptors (Lipinski definition) is 3. The van der Waals surface area contributed by atoms with E-state index < -0.39 is 0 Å². The van der Waals surface area contributed by atoms with Crippen molar-refractivity contribution in [3.05, 3.63) is 30.1 Å². The van der Waals surface area contributed by atoms with Crippen molar-refractivity contribution in [3.63, 3.8) is 0 Å². The number of carbonyl (C=O) groups excluding carboxylic acids is 1. The Morgan fingerprint density at radius 1 is 1.14 bits per heavy atom. The smallest absolute Gasteiger partial charge is 0.240 e. The van der Waals surface area contributed by atoms with E-state index in [1.165, 1.54) is 44.9 Å². The molecule has 1 heterocycles. The van der Waals surface area contributed by atoms with Crippen LogP contribution in [-0.2, 0) is 4.79 Å². The maximum absolute atomic E-state index is 11.6. The zero-order valence-electron chi connectivity index (χ0n) is 13.8. The third kappa shape index (κ3) is 10.1. The molecule has 0 atom stereocenters. The van der Waals surface area contributed by atoms with Gasteiger partial charge in [-0.2, -0.15) is 5.10 Å². The second-order valence-electron chi connectivity index (χ2n) is 5.66. The van der Waals surface area contributed by atoms with E-state index in [1.54, 1.807) is 18.6 Å². The first-order valence-corrected chi connectivity index (χ1v) is 8.55. The Labute approximate surface area is 134 Å². The Balaban J connectivity index is 1.94. The quantitative estimate of drug-likeness (QED) is 0.352. The van der Waals surface area contributed by atoms with Crippen LogP contribution < -0.4 is 5.43 Å². The number of nitrogens with zero attached hydrogens (tertiary/aromatic N) is 2. The molecule has 1 rings (SSSR count). The van der Waals surface area contributed by atoms with Crippen molar-refractivity contribution < 1.29 is 4.79 Å². The molecule has 0 fully saturated rings.